The second-order valence-electron chi connectivity index (χ2n) is 4.58. The summed E-state index contributed by atoms with van der Waals surface area (Å²) in [5, 5.41) is 9.14. The van der Waals surface area contributed by atoms with Gasteiger partial charge < -0.3 is 9.84 Å². The minimum absolute atomic E-state index is 0.409. The lowest BCUT2D eigenvalue weighted by Crippen LogP contribution is -2.09. The Hall–Kier alpha value is -2.62. The molecule has 0 aliphatic rings. The van der Waals surface area contributed by atoms with Gasteiger partial charge in [-0.25, -0.2) is 9.18 Å². The first-order chi connectivity index (χ1) is 10.0. The van der Waals surface area contributed by atoms with E-state index in [4.69, 9.17) is 9.84 Å². The molecule has 0 spiro atoms. The molecule has 0 saturated heterocycles. The number of phenolic OH excluding ortho intramolecular Hbond substituents is 1. The van der Waals surface area contributed by atoms with Crippen LogP contribution in [-0.4, -0.2) is 11.1 Å². The minimum atomic E-state index is -0.745. The molecule has 0 heterocycles. The largest absolute Gasteiger partial charge is 0.505 e. The molecule has 0 aliphatic heterocycles. The molecular formula is C17H15FO3. The topological polar surface area (TPSA) is 46.5 Å². The molecular weight excluding hydrogens is 271 g/mol. The van der Waals surface area contributed by atoms with Crippen LogP contribution < -0.4 is 0 Å². The van der Waals surface area contributed by atoms with Crippen molar-refractivity contribution >= 4 is 12.0 Å². The molecule has 0 amide bonds. The van der Waals surface area contributed by atoms with Crippen LogP contribution >= 0.6 is 0 Å². The highest BCUT2D eigenvalue weighted by Gasteiger charge is 2.15. The van der Waals surface area contributed by atoms with E-state index in [0.717, 1.165) is 11.6 Å². The van der Waals surface area contributed by atoms with E-state index in [2.05, 4.69) is 6.58 Å². The highest BCUT2D eigenvalue weighted by atomic mass is 19.1. The standard InChI is InChI=1S/C17H15FO3/c1-3-12-4-6-13(7-5-12)17(20)21-11(2)14-8-9-16(19)15(18)10-14/h3-11,19H,1H2,2H3. The van der Waals surface area contributed by atoms with Crippen LogP contribution in [0.25, 0.3) is 6.08 Å². The highest BCUT2D eigenvalue weighted by Crippen LogP contribution is 2.23. The molecule has 0 aliphatic carbocycles. The third-order valence-electron chi connectivity index (χ3n) is 3.11. The molecule has 2 aromatic rings. The zero-order chi connectivity index (χ0) is 15.4. The summed E-state index contributed by atoms with van der Waals surface area (Å²) < 4.78 is 18.6. The lowest BCUT2D eigenvalue weighted by atomic mass is 10.1. The molecule has 0 aromatic heterocycles. The average molecular weight is 286 g/mol. The molecule has 2 aromatic carbocycles. The Morgan fingerprint density at radius 2 is 1.95 bits per heavy atom. The van der Waals surface area contributed by atoms with Gasteiger partial charge in [0.1, 0.15) is 6.10 Å². The van der Waals surface area contributed by atoms with Gasteiger partial charge in [-0.2, -0.15) is 0 Å². The number of hydrogen-bond donors (Lipinski definition) is 1. The van der Waals surface area contributed by atoms with E-state index in [1.165, 1.54) is 12.1 Å². The number of halogens is 1. The van der Waals surface area contributed by atoms with Crippen LogP contribution in [0.3, 0.4) is 0 Å². The molecule has 3 nitrogen and oxygen atoms in total. The average Bonchev–Trinajstić information content (AvgIpc) is 2.50. The van der Waals surface area contributed by atoms with Gasteiger partial charge in [-0.1, -0.05) is 30.9 Å². The fourth-order valence-corrected chi connectivity index (χ4v) is 1.83. The second-order valence-corrected chi connectivity index (χ2v) is 4.58. The maximum atomic E-state index is 13.3. The summed E-state index contributed by atoms with van der Waals surface area (Å²) in [5.74, 6) is -1.67. The van der Waals surface area contributed by atoms with Crippen molar-refractivity contribution in [3.05, 3.63) is 71.6 Å². The summed E-state index contributed by atoms with van der Waals surface area (Å²) in [6.45, 7) is 5.28. The van der Waals surface area contributed by atoms with E-state index in [0.29, 0.717) is 11.1 Å². The second kappa shape index (κ2) is 6.22. The number of esters is 1. The first-order valence-corrected chi connectivity index (χ1v) is 6.43. The first kappa shape index (κ1) is 14.8. The van der Waals surface area contributed by atoms with E-state index < -0.39 is 23.6 Å². The predicted molar refractivity (Wildman–Crippen MR) is 78.4 cm³/mol. The van der Waals surface area contributed by atoms with Gasteiger partial charge in [0.2, 0.25) is 0 Å². The Morgan fingerprint density at radius 3 is 2.52 bits per heavy atom. The van der Waals surface area contributed by atoms with E-state index in [-0.39, 0.29) is 0 Å². The van der Waals surface area contributed by atoms with Crippen LogP contribution in [0.2, 0.25) is 0 Å². The Kier molecular flexibility index (Phi) is 4.38. The summed E-state index contributed by atoms with van der Waals surface area (Å²) in [7, 11) is 0. The zero-order valence-corrected chi connectivity index (χ0v) is 11.5. The first-order valence-electron chi connectivity index (χ1n) is 6.43. The number of carbonyl (C=O) groups is 1. The molecule has 4 heteroatoms. The van der Waals surface area contributed by atoms with Crippen LogP contribution in [0.5, 0.6) is 5.75 Å². The van der Waals surface area contributed by atoms with Crippen molar-refractivity contribution in [1.29, 1.82) is 0 Å². The number of phenols is 1. The number of rotatable bonds is 4. The third kappa shape index (κ3) is 3.48. The number of aromatic hydroxyl groups is 1. The summed E-state index contributed by atoms with van der Waals surface area (Å²) in [5.41, 5.74) is 1.79. The monoisotopic (exact) mass is 286 g/mol. The molecule has 0 saturated carbocycles. The molecule has 108 valence electrons. The van der Waals surface area contributed by atoms with Gasteiger partial charge >= 0.3 is 5.97 Å². The number of benzene rings is 2. The van der Waals surface area contributed by atoms with Crippen molar-refractivity contribution in [2.24, 2.45) is 0 Å². The van der Waals surface area contributed by atoms with Crippen molar-refractivity contribution in [3.63, 3.8) is 0 Å². The molecule has 2 rings (SSSR count). The molecule has 0 bridgehead atoms. The summed E-state index contributed by atoms with van der Waals surface area (Å²) in [6, 6.07) is 10.7. The zero-order valence-electron chi connectivity index (χ0n) is 11.5. The van der Waals surface area contributed by atoms with E-state index in [9.17, 15) is 9.18 Å². The van der Waals surface area contributed by atoms with Gasteiger partial charge in [-0.05, 0) is 42.3 Å². The van der Waals surface area contributed by atoms with Crippen LogP contribution in [0.1, 0.15) is 34.5 Å². The van der Waals surface area contributed by atoms with Crippen molar-refractivity contribution in [3.8, 4) is 5.75 Å². The van der Waals surface area contributed by atoms with Gasteiger partial charge in [0.05, 0.1) is 5.56 Å². The maximum Gasteiger partial charge on any atom is 0.338 e. The fraction of sp³-hybridized carbons (Fsp3) is 0.118. The Labute approximate surface area is 122 Å². The maximum absolute atomic E-state index is 13.3. The number of ether oxygens (including phenoxy) is 1. The molecule has 0 radical (unpaired) electrons. The summed E-state index contributed by atoms with van der Waals surface area (Å²) >= 11 is 0. The molecule has 1 unspecified atom stereocenters. The van der Waals surface area contributed by atoms with E-state index >= 15 is 0 Å². The minimum Gasteiger partial charge on any atom is -0.505 e. The number of carbonyl (C=O) groups excluding carboxylic acids is 1. The van der Waals surface area contributed by atoms with Gasteiger partial charge in [-0.3, -0.25) is 0 Å². The van der Waals surface area contributed by atoms with Gasteiger partial charge in [0.15, 0.2) is 11.6 Å². The lowest BCUT2D eigenvalue weighted by Gasteiger charge is -2.14. The van der Waals surface area contributed by atoms with Crippen molar-refractivity contribution in [1.82, 2.24) is 0 Å². The van der Waals surface area contributed by atoms with Gasteiger partial charge in [0, 0.05) is 0 Å². The highest BCUT2D eigenvalue weighted by molar-refractivity contribution is 5.89. The third-order valence-corrected chi connectivity index (χ3v) is 3.11. The molecule has 0 fully saturated rings. The van der Waals surface area contributed by atoms with E-state index in [1.54, 1.807) is 37.3 Å². The summed E-state index contributed by atoms with van der Waals surface area (Å²) in [6.07, 6.45) is 1.06. The summed E-state index contributed by atoms with van der Waals surface area (Å²) in [4.78, 5) is 12.0. The van der Waals surface area contributed by atoms with Crippen LogP contribution in [0, 0.1) is 5.82 Å². The molecule has 1 N–H and O–H groups in total. The SMILES string of the molecule is C=Cc1ccc(C(=O)OC(C)c2ccc(O)c(F)c2)cc1. The Morgan fingerprint density at radius 1 is 1.29 bits per heavy atom. The van der Waals surface area contributed by atoms with Gasteiger partial charge in [0.25, 0.3) is 0 Å². The smallest absolute Gasteiger partial charge is 0.338 e. The predicted octanol–water partition coefficient (Wildman–Crippen LogP) is 4.09. The Balaban J connectivity index is 2.10. The van der Waals surface area contributed by atoms with Crippen LogP contribution in [0.4, 0.5) is 4.39 Å². The van der Waals surface area contributed by atoms with Crippen LogP contribution in [0.15, 0.2) is 49.0 Å². The normalized spacial score (nSPS) is 11.7. The molecule has 1 atom stereocenters. The van der Waals surface area contributed by atoms with Gasteiger partial charge in [-0.15, -0.1) is 0 Å². The Bertz CT molecular complexity index is 662. The van der Waals surface area contributed by atoms with Crippen LogP contribution in [-0.2, 0) is 4.74 Å². The quantitative estimate of drug-likeness (QED) is 0.861. The number of hydrogen-bond acceptors (Lipinski definition) is 3. The molecule has 21 heavy (non-hydrogen) atoms. The van der Waals surface area contributed by atoms with Crippen molar-refractivity contribution in [2.45, 2.75) is 13.0 Å². The fourth-order valence-electron chi connectivity index (χ4n) is 1.83. The van der Waals surface area contributed by atoms with Crippen molar-refractivity contribution in [2.75, 3.05) is 0 Å². The van der Waals surface area contributed by atoms with Crippen molar-refractivity contribution < 1.29 is 19.0 Å². The van der Waals surface area contributed by atoms with E-state index in [1.807, 2.05) is 0 Å². The lowest BCUT2D eigenvalue weighted by molar-refractivity contribution is 0.0337.